The van der Waals surface area contributed by atoms with E-state index in [1.54, 1.807) is 11.9 Å². The van der Waals surface area contributed by atoms with Gasteiger partial charge in [0.05, 0.1) is 19.4 Å². The molecule has 128 valence electrons. The number of rotatable bonds is 8. The summed E-state index contributed by atoms with van der Waals surface area (Å²) in [6.45, 7) is -1.63. The topological polar surface area (TPSA) is 20.3 Å². The summed E-state index contributed by atoms with van der Waals surface area (Å²) in [5, 5.41) is 0. The van der Waals surface area contributed by atoms with Crippen LogP contribution in [0.1, 0.15) is 23.6 Å². The highest BCUT2D eigenvalue weighted by Crippen LogP contribution is 2.25. The van der Waals surface area contributed by atoms with Gasteiger partial charge in [-0.25, -0.2) is 0 Å². The molecule has 2 aromatic carbocycles. The van der Waals surface area contributed by atoms with Crippen molar-refractivity contribution in [3.05, 3.63) is 71.8 Å². The van der Waals surface area contributed by atoms with Crippen LogP contribution in [-0.2, 0) is 11.2 Å². The molecule has 0 bridgehead atoms. The van der Waals surface area contributed by atoms with E-state index in [0.29, 0.717) is 6.42 Å². The number of hydrogen-bond donors (Lipinski definition) is 0. The Morgan fingerprint density at radius 2 is 1.50 bits per heavy atom. The summed E-state index contributed by atoms with van der Waals surface area (Å²) >= 11 is 0. The van der Waals surface area contributed by atoms with E-state index in [1.807, 2.05) is 60.7 Å². The average molecular weight is 331 g/mol. The number of carbonyl (C=O) groups is 1. The van der Waals surface area contributed by atoms with E-state index in [1.165, 1.54) is 0 Å². The number of alkyl halides is 2. The average Bonchev–Trinajstić information content (AvgIpc) is 2.65. The molecule has 1 unspecified atom stereocenters. The van der Waals surface area contributed by atoms with Gasteiger partial charge in [-0.05, 0) is 17.5 Å². The Bertz CT molecular complexity index is 614. The van der Waals surface area contributed by atoms with Gasteiger partial charge < -0.3 is 4.90 Å². The predicted octanol–water partition coefficient (Wildman–Crippen LogP) is 4.37. The van der Waals surface area contributed by atoms with Crippen LogP contribution in [0.5, 0.6) is 0 Å². The maximum atomic E-state index is 12.7. The first kappa shape index (κ1) is 18.1. The number of benzene rings is 2. The van der Waals surface area contributed by atoms with Crippen molar-refractivity contribution >= 4 is 5.91 Å². The van der Waals surface area contributed by atoms with E-state index in [-0.39, 0.29) is 18.4 Å². The Morgan fingerprint density at radius 3 is 2.04 bits per heavy atom. The lowest BCUT2D eigenvalue weighted by atomic mass is 9.96. The first-order chi connectivity index (χ1) is 11.7. The third-order valence-corrected chi connectivity index (χ3v) is 4.22. The van der Waals surface area contributed by atoms with Gasteiger partial charge in [-0.15, -0.1) is 0 Å². The number of hydrogen-bond acceptors (Lipinski definition) is 1. The van der Waals surface area contributed by atoms with Crippen molar-refractivity contribution in [2.45, 2.75) is 18.9 Å². The predicted molar refractivity (Wildman–Crippen MR) is 92.2 cm³/mol. The Hall–Kier alpha value is -2.23. The molecule has 0 saturated heterocycles. The molecular weight excluding hydrogens is 308 g/mol. The van der Waals surface area contributed by atoms with Gasteiger partial charge in [0, 0.05) is 19.4 Å². The van der Waals surface area contributed by atoms with Crippen molar-refractivity contribution in [3.8, 4) is 0 Å². The van der Waals surface area contributed by atoms with E-state index < -0.39 is 19.3 Å². The molecule has 0 heterocycles. The molecule has 0 radical (unpaired) electrons. The number of halogens is 2. The van der Waals surface area contributed by atoms with Crippen LogP contribution >= 0.6 is 0 Å². The highest BCUT2D eigenvalue weighted by Gasteiger charge is 2.24. The lowest BCUT2D eigenvalue weighted by Crippen LogP contribution is -2.34. The van der Waals surface area contributed by atoms with Gasteiger partial charge in [0.25, 0.3) is 0 Å². The molecule has 2 aromatic rings. The third kappa shape index (κ3) is 4.88. The maximum absolute atomic E-state index is 12.7. The van der Waals surface area contributed by atoms with Crippen molar-refractivity contribution in [2.24, 2.45) is 5.92 Å². The second kappa shape index (κ2) is 9.16. The second-order valence-corrected chi connectivity index (χ2v) is 6.00. The highest BCUT2D eigenvalue weighted by molar-refractivity contribution is 5.76. The summed E-state index contributed by atoms with van der Waals surface area (Å²) in [5.74, 6) is -1.09. The standard InChI is InChI=1S/C20H23F2NO/c1-23(20(24)13-17(14-21)15-22)19(18-10-6-3-7-11-18)12-16-8-4-2-5-9-16/h2-11,17,19H,12-15H2,1H3. The molecule has 2 rings (SSSR count). The molecule has 0 saturated carbocycles. The maximum Gasteiger partial charge on any atom is 0.223 e. The number of carbonyl (C=O) groups excluding carboxylic acids is 1. The molecule has 0 spiro atoms. The molecule has 0 aliphatic rings. The zero-order valence-electron chi connectivity index (χ0n) is 13.9. The smallest absolute Gasteiger partial charge is 0.223 e. The summed E-state index contributed by atoms with van der Waals surface area (Å²) in [5.41, 5.74) is 2.12. The SMILES string of the molecule is CN(C(=O)CC(CF)CF)C(Cc1ccccc1)c1ccccc1. The molecule has 0 fully saturated rings. The largest absolute Gasteiger partial charge is 0.338 e. The second-order valence-electron chi connectivity index (χ2n) is 6.00. The van der Waals surface area contributed by atoms with Gasteiger partial charge in [-0.2, -0.15) is 0 Å². The van der Waals surface area contributed by atoms with Gasteiger partial charge in [-0.1, -0.05) is 60.7 Å². The Labute approximate surface area is 142 Å². The molecule has 2 nitrogen and oxygen atoms in total. The molecule has 1 atom stereocenters. The van der Waals surface area contributed by atoms with E-state index in [9.17, 15) is 13.6 Å². The van der Waals surface area contributed by atoms with Gasteiger partial charge in [0.1, 0.15) is 0 Å². The van der Waals surface area contributed by atoms with Crippen LogP contribution in [0.3, 0.4) is 0 Å². The molecule has 0 aromatic heterocycles. The minimum absolute atomic E-state index is 0.110. The molecule has 0 aliphatic heterocycles. The monoisotopic (exact) mass is 331 g/mol. The summed E-state index contributed by atoms with van der Waals surface area (Å²) < 4.78 is 25.5. The third-order valence-electron chi connectivity index (χ3n) is 4.22. The van der Waals surface area contributed by atoms with Crippen LogP contribution in [0, 0.1) is 5.92 Å². The Morgan fingerprint density at radius 1 is 0.958 bits per heavy atom. The van der Waals surface area contributed by atoms with Crippen molar-refractivity contribution < 1.29 is 13.6 Å². The van der Waals surface area contributed by atoms with Crippen LogP contribution in [-0.4, -0.2) is 31.2 Å². The van der Waals surface area contributed by atoms with E-state index in [2.05, 4.69) is 0 Å². The van der Waals surface area contributed by atoms with Crippen LogP contribution < -0.4 is 0 Å². The summed E-state index contributed by atoms with van der Waals surface area (Å²) in [6.07, 6.45) is 0.546. The molecular formula is C20H23F2NO. The van der Waals surface area contributed by atoms with Crippen molar-refractivity contribution in [1.29, 1.82) is 0 Å². The van der Waals surface area contributed by atoms with Crippen molar-refractivity contribution in [3.63, 3.8) is 0 Å². The van der Waals surface area contributed by atoms with Gasteiger partial charge >= 0.3 is 0 Å². The number of nitrogens with zero attached hydrogens (tertiary/aromatic N) is 1. The van der Waals surface area contributed by atoms with Gasteiger partial charge in [-0.3, -0.25) is 13.6 Å². The summed E-state index contributed by atoms with van der Waals surface area (Å²) in [4.78, 5) is 14.1. The zero-order valence-corrected chi connectivity index (χ0v) is 13.9. The van der Waals surface area contributed by atoms with E-state index in [4.69, 9.17) is 0 Å². The minimum Gasteiger partial charge on any atom is -0.338 e. The van der Waals surface area contributed by atoms with Crippen LogP contribution in [0.2, 0.25) is 0 Å². The fourth-order valence-corrected chi connectivity index (χ4v) is 2.71. The molecule has 24 heavy (non-hydrogen) atoms. The fraction of sp³-hybridized carbons (Fsp3) is 0.350. The van der Waals surface area contributed by atoms with Crippen LogP contribution in [0.4, 0.5) is 8.78 Å². The minimum atomic E-state index is -0.854. The molecule has 0 aliphatic carbocycles. The fourth-order valence-electron chi connectivity index (χ4n) is 2.71. The van der Waals surface area contributed by atoms with Gasteiger partial charge in [0.15, 0.2) is 0 Å². The quantitative estimate of drug-likeness (QED) is 0.703. The summed E-state index contributed by atoms with van der Waals surface area (Å²) in [6, 6.07) is 19.5. The van der Waals surface area contributed by atoms with Crippen molar-refractivity contribution in [2.75, 3.05) is 20.4 Å². The van der Waals surface area contributed by atoms with Crippen molar-refractivity contribution in [1.82, 2.24) is 4.90 Å². The lowest BCUT2D eigenvalue weighted by molar-refractivity contribution is -0.133. The zero-order chi connectivity index (χ0) is 17.4. The van der Waals surface area contributed by atoms with Crippen LogP contribution in [0.25, 0.3) is 0 Å². The Balaban J connectivity index is 2.20. The van der Waals surface area contributed by atoms with Gasteiger partial charge in [0.2, 0.25) is 5.91 Å². The first-order valence-electron chi connectivity index (χ1n) is 8.12. The Kier molecular flexibility index (Phi) is 6.91. The molecule has 4 heteroatoms. The molecule has 1 amide bonds. The van der Waals surface area contributed by atoms with E-state index >= 15 is 0 Å². The number of likely N-dealkylation sites (N-methyl/N-ethyl adjacent to an activating group) is 1. The lowest BCUT2D eigenvalue weighted by Gasteiger charge is -2.30. The first-order valence-corrected chi connectivity index (χ1v) is 8.12. The highest BCUT2D eigenvalue weighted by atomic mass is 19.1. The summed E-state index contributed by atoms with van der Waals surface area (Å²) in [7, 11) is 1.70. The normalized spacial score (nSPS) is 12.2. The van der Waals surface area contributed by atoms with Crippen LogP contribution in [0.15, 0.2) is 60.7 Å². The molecule has 0 N–H and O–H groups in total. The van der Waals surface area contributed by atoms with E-state index in [0.717, 1.165) is 11.1 Å². The number of amides is 1.